The Balaban J connectivity index is 1.71. The molecule has 0 saturated carbocycles. The molecule has 0 radical (unpaired) electrons. The van der Waals surface area contributed by atoms with Crippen LogP contribution in [0, 0.1) is 13.8 Å². The summed E-state index contributed by atoms with van der Waals surface area (Å²) in [5.41, 5.74) is 3.42. The molecule has 3 rings (SSSR count). The average molecular weight is 338 g/mol. The van der Waals surface area contributed by atoms with E-state index < -0.39 is 18.5 Å². The van der Waals surface area contributed by atoms with E-state index in [1.807, 2.05) is 26.0 Å². The van der Waals surface area contributed by atoms with Crippen LogP contribution < -0.4 is 10.2 Å². The summed E-state index contributed by atoms with van der Waals surface area (Å²) in [5.74, 6) is -1.28. The minimum atomic E-state index is -0.555. The van der Waals surface area contributed by atoms with Crippen LogP contribution >= 0.6 is 0 Å². The maximum absolute atomic E-state index is 12.4. The van der Waals surface area contributed by atoms with Crippen molar-refractivity contribution in [1.29, 1.82) is 0 Å². The fraction of sp³-hybridized carbons (Fsp3) is 0.211. The van der Waals surface area contributed by atoms with E-state index >= 15 is 0 Å². The number of benzene rings is 2. The first-order chi connectivity index (χ1) is 12.0. The molecule has 6 nitrogen and oxygen atoms in total. The van der Waals surface area contributed by atoms with Crippen LogP contribution in [0.15, 0.2) is 42.5 Å². The number of carbonyl (C=O) groups excluding carboxylic acids is 3. The lowest BCUT2D eigenvalue weighted by atomic mass is 10.1. The number of nitrogens with zero attached hydrogens (tertiary/aromatic N) is 1. The van der Waals surface area contributed by atoms with Gasteiger partial charge in [-0.25, -0.2) is 4.79 Å². The monoisotopic (exact) mass is 338 g/mol. The number of amides is 2. The van der Waals surface area contributed by atoms with Crippen LogP contribution in [0.3, 0.4) is 0 Å². The fourth-order valence-corrected chi connectivity index (χ4v) is 2.78. The van der Waals surface area contributed by atoms with Crippen LogP contribution in [-0.2, 0) is 14.3 Å². The zero-order chi connectivity index (χ0) is 18.0. The van der Waals surface area contributed by atoms with Gasteiger partial charge in [-0.2, -0.15) is 0 Å². The van der Waals surface area contributed by atoms with Crippen LogP contribution in [0.1, 0.15) is 21.5 Å². The second kappa shape index (κ2) is 6.76. The third-order valence-electron chi connectivity index (χ3n) is 4.00. The number of anilines is 2. The molecule has 6 heteroatoms. The van der Waals surface area contributed by atoms with E-state index in [0.717, 1.165) is 11.1 Å². The van der Waals surface area contributed by atoms with Gasteiger partial charge < -0.3 is 10.1 Å². The largest absolute Gasteiger partial charge is 0.452 e. The molecule has 0 spiro atoms. The Labute approximate surface area is 145 Å². The average Bonchev–Trinajstić information content (AvgIpc) is 2.58. The predicted molar refractivity (Wildman–Crippen MR) is 93.6 cm³/mol. The third-order valence-corrected chi connectivity index (χ3v) is 4.00. The molecule has 1 aliphatic heterocycles. The molecular weight excluding hydrogens is 320 g/mol. The summed E-state index contributed by atoms with van der Waals surface area (Å²) < 4.78 is 5.15. The predicted octanol–water partition coefficient (Wildman–Crippen LogP) is 2.45. The Morgan fingerprint density at radius 1 is 1.16 bits per heavy atom. The highest BCUT2D eigenvalue weighted by atomic mass is 16.5. The lowest BCUT2D eigenvalue weighted by molar-refractivity contribution is -0.124. The second-order valence-electron chi connectivity index (χ2n) is 5.94. The van der Waals surface area contributed by atoms with Crippen LogP contribution in [-0.4, -0.2) is 30.9 Å². The van der Waals surface area contributed by atoms with Crippen molar-refractivity contribution in [3.63, 3.8) is 0 Å². The summed E-state index contributed by atoms with van der Waals surface area (Å²) in [6.45, 7) is 3.23. The van der Waals surface area contributed by atoms with E-state index in [9.17, 15) is 14.4 Å². The van der Waals surface area contributed by atoms with E-state index in [-0.39, 0.29) is 12.5 Å². The van der Waals surface area contributed by atoms with Gasteiger partial charge in [-0.05, 0) is 37.6 Å². The van der Waals surface area contributed by atoms with Gasteiger partial charge in [0.2, 0.25) is 5.91 Å². The van der Waals surface area contributed by atoms with E-state index in [1.165, 1.54) is 4.90 Å². The van der Waals surface area contributed by atoms with Gasteiger partial charge in [0, 0.05) is 0 Å². The van der Waals surface area contributed by atoms with Gasteiger partial charge in [0.1, 0.15) is 6.54 Å². The molecule has 0 aliphatic carbocycles. The summed E-state index contributed by atoms with van der Waals surface area (Å²) in [7, 11) is 0. The molecule has 2 aromatic rings. The molecule has 0 saturated heterocycles. The summed E-state index contributed by atoms with van der Waals surface area (Å²) in [5, 5.41) is 2.71. The number of nitrogens with one attached hydrogen (secondary N) is 1. The molecule has 0 fully saturated rings. The highest BCUT2D eigenvalue weighted by Gasteiger charge is 2.27. The minimum Gasteiger partial charge on any atom is -0.452 e. The lowest BCUT2D eigenvalue weighted by Gasteiger charge is -2.28. The van der Waals surface area contributed by atoms with Gasteiger partial charge in [0.05, 0.1) is 16.9 Å². The molecule has 25 heavy (non-hydrogen) atoms. The normalized spacial score (nSPS) is 13.0. The van der Waals surface area contributed by atoms with Crippen LogP contribution in [0.2, 0.25) is 0 Å². The number of hydrogen-bond acceptors (Lipinski definition) is 4. The quantitative estimate of drug-likeness (QED) is 0.872. The second-order valence-corrected chi connectivity index (χ2v) is 5.94. The molecular formula is C19H18N2O4. The zero-order valence-corrected chi connectivity index (χ0v) is 14.0. The number of rotatable bonds is 3. The van der Waals surface area contributed by atoms with Crippen molar-refractivity contribution in [2.45, 2.75) is 13.8 Å². The molecule has 128 valence electrons. The molecule has 1 N–H and O–H groups in total. The summed E-state index contributed by atoms with van der Waals surface area (Å²) in [4.78, 5) is 37.7. The molecule has 2 aromatic carbocycles. The minimum absolute atomic E-state index is 0.100. The topological polar surface area (TPSA) is 75.7 Å². The number of hydrogen-bond donors (Lipinski definition) is 1. The maximum Gasteiger partial charge on any atom is 0.338 e. The number of aryl methyl sites for hydroxylation is 2. The van der Waals surface area contributed by atoms with E-state index in [2.05, 4.69) is 5.32 Å². The Kier molecular flexibility index (Phi) is 4.52. The van der Waals surface area contributed by atoms with Gasteiger partial charge in [0.15, 0.2) is 6.61 Å². The van der Waals surface area contributed by atoms with E-state index in [4.69, 9.17) is 4.74 Å². The summed E-state index contributed by atoms with van der Waals surface area (Å²) in [6, 6.07) is 12.4. The number of para-hydroxylation sites is 2. The van der Waals surface area contributed by atoms with Crippen molar-refractivity contribution < 1.29 is 19.1 Å². The Hall–Kier alpha value is -3.15. The van der Waals surface area contributed by atoms with Gasteiger partial charge in [-0.15, -0.1) is 0 Å². The molecule has 0 unspecified atom stereocenters. The number of ether oxygens (including phenoxy) is 1. The molecule has 1 heterocycles. The Bertz CT molecular complexity index is 860. The molecule has 0 aromatic heterocycles. The summed E-state index contributed by atoms with van der Waals surface area (Å²) in [6.07, 6.45) is 0. The summed E-state index contributed by atoms with van der Waals surface area (Å²) >= 11 is 0. The molecule has 2 amide bonds. The fourth-order valence-electron chi connectivity index (χ4n) is 2.78. The molecule has 0 atom stereocenters. The van der Waals surface area contributed by atoms with Gasteiger partial charge in [-0.1, -0.05) is 29.8 Å². The van der Waals surface area contributed by atoms with Crippen LogP contribution in [0.4, 0.5) is 11.4 Å². The SMILES string of the molecule is Cc1ccc(C(=O)OCC(=O)N2CC(=O)Nc3ccccc32)c(C)c1. The van der Waals surface area contributed by atoms with E-state index in [1.54, 1.807) is 30.3 Å². The highest BCUT2D eigenvalue weighted by Crippen LogP contribution is 2.28. The number of carbonyl (C=O) groups is 3. The maximum atomic E-state index is 12.4. The first kappa shape index (κ1) is 16.7. The Morgan fingerprint density at radius 2 is 1.92 bits per heavy atom. The highest BCUT2D eigenvalue weighted by molar-refractivity contribution is 6.10. The standard InChI is InChI=1S/C19H18N2O4/c1-12-7-8-14(13(2)9-12)19(24)25-11-18(23)21-10-17(22)20-15-5-3-4-6-16(15)21/h3-9H,10-11H2,1-2H3,(H,20,22). The van der Waals surface area contributed by atoms with Gasteiger partial charge in [0.25, 0.3) is 5.91 Å². The molecule has 0 bridgehead atoms. The van der Waals surface area contributed by atoms with Crippen molar-refractivity contribution in [2.75, 3.05) is 23.4 Å². The number of fused-ring (bicyclic) bond motifs is 1. The van der Waals surface area contributed by atoms with Crippen molar-refractivity contribution in [2.24, 2.45) is 0 Å². The van der Waals surface area contributed by atoms with E-state index in [0.29, 0.717) is 16.9 Å². The lowest BCUT2D eigenvalue weighted by Crippen LogP contribution is -2.44. The third kappa shape index (κ3) is 3.52. The molecule has 1 aliphatic rings. The van der Waals surface area contributed by atoms with Crippen molar-refractivity contribution in [1.82, 2.24) is 0 Å². The first-order valence-corrected chi connectivity index (χ1v) is 7.89. The van der Waals surface area contributed by atoms with Gasteiger partial charge >= 0.3 is 5.97 Å². The Morgan fingerprint density at radius 3 is 2.68 bits per heavy atom. The van der Waals surface area contributed by atoms with Crippen LogP contribution in [0.5, 0.6) is 0 Å². The van der Waals surface area contributed by atoms with Crippen LogP contribution in [0.25, 0.3) is 0 Å². The first-order valence-electron chi connectivity index (χ1n) is 7.89. The van der Waals surface area contributed by atoms with Gasteiger partial charge in [-0.3, -0.25) is 14.5 Å². The zero-order valence-electron chi connectivity index (χ0n) is 14.0. The number of esters is 1. The van der Waals surface area contributed by atoms with Crippen molar-refractivity contribution in [3.8, 4) is 0 Å². The van der Waals surface area contributed by atoms with Crippen molar-refractivity contribution >= 4 is 29.2 Å². The van der Waals surface area contributed by atoms with Crippen molar-refractivity contribution in [3.05, 3.63) is 59.2 Å². The smallest absolute Gasteiger partial charge is 0.338 e.